The fourth-order valence-corrected chi connectivity index (χ4v) is 3.97. The molecule has 0 bridgehead atoms. The smallest absolute Gasteiger partial charge is 0.407 e. The zero-order valence-electron chi connectivity index (χ0n) is 14.8. The lowest BCUT2D eigenvalue weighted by Crippen LogP contribution is -2.49. The van der Waals surface area contributed by atoms with E-state index in [0.29, 0.717) is 13.0 Å². The van der Waals surface area contributed by atoms with Crippen molar-refractivity contribution in [1.29, 1.82) is 0 Å². The summed E-state index contributed by atoms with van der Waals surface area (Å²) in [6.07, 6.45) is -0.234. The van der Waals surface area contributed by atoms with Gasteiger partial charge in [-0.3, -0.25) is 4.79 Å². The van der Waals surface area contributed by atoms with Crippen molar-refractivity contribution in [3.05, 3.63) is 59.7 Å². The predicted molar refractivity (Wildman–Crippen MR) is 98.6 cm³/mol. The summed E-state index contributed by atoms with van der Waals surface area (Å²) >= 11 is 0. The number of ether oxygens (including phenoxy) is 2. The van der Waals surface area contributed by atoms with Gasteiger partial charge in [-0.15, -0.1) is 0 Å². The molecule has 2 aliphatic rings. The number of benzene rings is 2. The monoisotopic (exact) mass is 367 g/mol. The molecule has 4 rings (SSSR count). The molecule has 6 nitrogen and oxygen atoms in total. The van der Waals surface area contributed by atoms with Crippen LogP contribution in [0.25, 0.3) is 11.1 Å². The topological polar surface area (TPSA) is 84.9 Å². The molecule has 1 saturated heterocycles. The van der Waals surface area contributed by atoms with Gasteiger partial charge < -0.3 is 19.9 Å². The van der Waals surface area contributed by atoms with Gasteiger partial charge >= 0.3 is 12.1 Å². The molecule has 2 unspecified atom stereocenters. The molecule has 140 valence electrons. The summed E-state index contributed by atoms with van der Waals surface area (Å²) in [5.41, 5.74) is 4.59. The number of rotatable bonds is 4. The van der Waals surface area contributed by atoms with Crippen LogP contribution >= 0.6 is 0 Å². The molecule has 1 aliphatic heterocycles. The molecule has 2 atom stereocenters. The van der Waals surface area contributed by atoms with Crippen LogP contribution in [0.2, 0.25) is 0 Å². The Bertz CT molecular complexity index is 820. The fourth-order valence-electron chi connectivity index (χ4n) is 3.97. The number of carbonyl (C=O) groups excluding carboxylic acids is 1. The van der Waals surface area contributed by atoms with E-state index in [1.54, 1.807) is 0 Å². The molecule has 0 aromatic heterocycles. The second-order valence-electron chi connectivity index (χ2n) is 6.88. The number of fused-ring (bicyclic) bond motifs is 3. The zero-order chi connectivity index (χ0) is 18.8. The van der Waals surface area contributed by atoms with Gasteiger partial charge in [-0.1, -0.05) is 48.5 Å². The van der Waals surface area contributed by atoms with Gasteiger partial charge in [-0.2, -0.15) is 0 Å². The molecular weight excluding hydrogens is 346 g/mol. The lowest BCUT2D eigenvalue weighted by molar-refractivity contribution is -0.146. The van der Waals surface area contributed by atoms with Gasteiger partial charge in [0.05, 0.1) is 18.6 Å². The number of alkyl carbamates (subject to hydrolysis) is 1. The van der Waals surface area contributed by atoms with Crippen LogP contribution in [0.1, 0.15) is 23.5 Å². The van der Waals surface area contributed by atoms with Crippen LogP contribution in [0.15, 0.2) is 48.5 Å². The first-order chi connectivity index (χ1) is 13.1. The van der Waals surface area contributed by atoms with Crippen LogP contribution in [-0.4, -0.2) is 43.0 Å². The number of carboxylic acids is 1. The molecule has 27 heavy (non-hydrogen) atoms. The number of carbonyl (C=O) groups is 2. The quantitative estimate of drug-likeness (QED) is 0.868. The Balaban J connectivity index is 1.44. The van der Waals surface area contributed by atoms with Crippen LogP contribution in [-0.2, 0) is 14.3 Å². The maximum Gasteiger partial charge on any atom is 0.407 e. The largest absolute Gasteiger partial charge is 0.481 e. The minimum atomic E-state index is -0.928. The number of aliphatic carboxylic acids is 1. The van der Waals surface area contributed by atoms with Crippen molar-refractivity contribution in [2.75, 3.05) is 19.8 Å². The van der Waals surface area contributed by atoms with Crippen LogP contribution in [0.5, 0.6) is 0 Å². The molecule has 0 radical (unpaired) electrons. The van der Waals surface area contributed by atoms with Gasteiger partial charge in [-0.05, 0) is 28.7 Å². The fraction of sp³-hybridized carbons (Fsp3) is 0.333. The van der Waals surface area contributed by atoms with E-state index in [0.717, 1.165) is 22.3 Å². The van der Waals surface area contributed by atoms with Crippen molar-refractivity contribution >= 4 is 12.1 Å². The van der Waals surface area contributed by atoms with E-state index in [1.165, 1.54) is 0 Å². The zero-order valence-corrected chi connectivity index (χ0v) is 14.8. The Morgan fingerprint density at radius 3 is 2.33 bits per heavy atom. The lowest BCUT2D eigenvalue weighted by Gasteiger charge is -2.29. The molecule has 1 amide bonds. The minimum absolute atomic E-state index is 0.0268. The second kappa shape index (κ2) is 7.40. The highest BCUT2D eigenvalue weighted by Crippen LogP contribution is 2.44. The SMILES string of the molecule is O=C(NC1COCCC1C(=O)O)OCC1c2ccccc2-c2ccccc21. The first-order valence-electron chi connectivity index (χ1n) is 9.07. The highest BCUT2D eigenvalue weighted by atomic mass is 16.5. The summed E-state index contributed by atoms with van der Waals surface area (Å²) < 4.78 is 10.8. The number of carboxylic acid groups (broad SMARTS) is 1. The summed E-state index contributed by atoms with van der Waals surface area (Å²) in [6.45, 7) is 0.770. The molecule has 2 N–H and O–H groups in total. The average molecular weight is 367 g/mol. The van der Waals surface area contributed by atoms with Crippen LogP contribution in [0.3, 0.4) is 0 Å². The average Bonchev–Trinajstić information content (AvgIpc) is 3.00. The Labute approximate surface area is 157 Å². The normalized spacial score (nSPS) is 21.2. The van der Waals surface area contributed by atoms with E-state index < -0.39 is 24.0 Å². The number of hydrogen-bond acceptors (Lipinski definition) is 4. The second-order valence-corrected chi connectivity index (χ2v) is 6.88. The van der Waals surface area contributed by atoms with E-state index >= 15 is 0 Å². The highest BCUT2D eigenvalue weighted by Gasteiger charge is 2.34. The Morgan fingerprint density at radius 1 is 1.07 bits per heavy atom. The molecule has 2 aromatic carbocycles. The molecule has 1 heterocycles. The van der Waals surface area contributed by atoms with Gasteiger partial charge in [0.25, 0.3) is 0 Å². The number of nitrogens with one attached hydrogen (secondary N) is 1. The maximum absolute atomic E-state index is 12.3. The van der Waals surface area contributed by atoms with Crippen LogP contribution in [0.4, 0.5) is 4.79 Å². The van der Waals surface area contributed by atoms with E-state index in [4.69, 9.17) is 9.47 Å². The van der Waals surface area contributed by atoms with Crippen molar-refractivity contribution in [2.24, 2.45) is 5.92 Å². The van der Waals surface area contributed by atoms with Crippen molar-refractivity contribution in [3.63, 3.8) is 0 Å². The molecule has 1 aliphatic carbocycles. The summed E-state index contributed by atoms with van der Waals surface area (Å²) in [4.78, 5) is 23.6. The standard InChI is InChI=1S/C21H21NO5/c23-20(24)17-9-10-26-12-19(17)22-21(25)27-11-18-15-7-3-1-5-13(15)14-6-2-4-8-16(14)18/h1-8,17-19H,9-12H2,(H,22,25)(H,23,24). The Morgan fingerprint density at radius 2 is 1.70 bits per heavy atom. The van der Waals surface area contributed by atoms with Crippen LogP contribution in [0, 0.1) is 5.92 Å². The third-order valence-electron chi connectivity index (χ3n) is 5.32. The third kappa shape index (κ3) is 3.40. The van der Waals surface area contributed by atoms with E-state index in [9.17, 15) is 14.7 Å². The number of amides is 1. The van der Waals surface area contributed by atoms with Crippen molar-refractivity contribution in [2.45, 2.75) is 18.4 Å². The summed E-state index contributed by atoms with van der Waals surface area (Å²) in [5.74, 6) is -1.61. The van der Waals surface area contributed by atoms with Crippen molar-refractivity contribution in [1.82, 2.24) is 5.32 Å². The first kappa shape index (κ1) is 17.5. The molecular formula is C21H21NO5. The van der Waals surface area contributed by atoms with Crippen LogP contribution < -0.4 is 5.32 Å². The van der Waals surface area contributed by atoms with Gasteiger partial charge in [0.1, 0.15) is 6.61 Å². The third-order valence-corrected chi connectivity index (χ3v) is 5.32. The maximum atomic E-state index is 12.3. The van der Waals surface area contributed by atoms with Crippen molar-refractivity contribution in [3.8, 4) is 11.1 Å². The van der Waals surface area contributed by atoms with Gasteiger partial charge in [0.2, 0.25) is 0 Å². The molecule has 0 spiro atoms. The van der Waals surface area contributed by atoms with Gasteiger partial charge in [-0.25, -0.2) is 4.79 Å². The molecule has 0 saturated carbocycles. The summed E-state index contributed by atoms with van der Waals surface area (Å²) in [7, 11) is 0. The van der Waals surface area contributed by atoms with E-state index in [-0.39, 0.29) is 19.1 Å². The molecule has 6 heteroatoms. The molecule has 2 aromatic rings. The minimum Gasteiger partial charge on any atom is -0.481 e. The van der Waals surface area contributed by atoms with Gasteiger partial charge in [0, 0.05) is 12.5 Å². The van der Waals surface area contributed by atoms with E-state index in [2.05, 4.69) is 29.6 Å². The summed E-state index contributed by atoms with van der Waals surface area (Å²) in [6, 6.07) is 15.6. The van der Waals surface area contributed by atoms with Crippen molar-refractivity contribution < 1.29 is 24.2 Å². The van der Waals surface area contributed by atoms with Gasteiger partial charge in [0.15, 0.2) is 0 Å². The highest BCUT2D eigenvalue weighted by molar-refractivity contribution is 5.79. The van der Waals surface area contributed by atoms with E-state index in [1.807, 2.05) is 24.3 Å². The molecule has 1 fully saturated rings. The summed E-state index contributed by atoms with van der Waals surface area (Å²) in [5, 5.41) is 12.0. The Hall–Kier alpha value is -2.86. The predicted octanol–water partition coefficient (Wildman–Crippen LogP) is 3.01. The lowest BCUT2D eigenvalue weighted by atomic mass is 9.95. The Kier molecular flexibility index (Phi) is 4.81. The first-order valence-corrected chi connectivity index (χ1v) is 9.07. The number of hydrogen-bond donors (Lipinski definition) is 2.